The lowest BCUT2D eigenvalue weighted by atomic mass is 10.1. The van der Waals surface area contributed by atoms with Gasteiger partial charge in [0.05, 0.1) is 18.2 Å². The second kappa shape index (κ2) is 7.69. The summed E-state index contributed by atoms with van der Waals surface area (Å²) in [5.74, 6) is -1.06. The number of benzene rings is 2. The molecule has 0 atom stereocenters. The summed E-state index contributed by atoms with van der Waals surface area (Å²) in [6.07, 6.45) is 0.156. The number of rotatable bonds is 6. The van der Waals surface area contributed by atoms with Crippen molar-refractivity contribution >= 4 is 23.0 Å². The Bertz CT molecular complexity index is 985. The number of oxazole rings is 1. The Labute approximate surface area is 149 Å². The number of nitrogens with zero attached hydrogens (tertiary/aromatic N) is 1. The molecule has 0 aliphatic rings. The monoisotopic (exact) mass is 354 g/mol. The Morgan fingerprint density at radius 1 is 1.12 bits per heavy atom. The summed E-state index contributed by atoms with van der Waals surface area (Å²) in [4.78, 5) is 35.3. The van der Waals surface area contributed by atoms with Crippen molar-refractivity contribution in [2.75, 3.05) is 7.11 Å². The van der Waals surface area contributed by atoms with Gasteiger partial charge in [-0.15, -0.1) is 0 Å². The molecule has 0 bridgehead atoms. The Morgan fingerprint density at radius 2 is 1.85 bits per heavy atom. The van der Waals surface area contributed by atoms with Gasteiger partial charge in [0.1, 0.15) is 0 Å². The maximum Gasteiger partial charge on any atom is 0.419 e. The molecule has 3 aromatic rings. The second-order valence-corrected chi connectivity index (χ2v) is 5.70. The first-order chi connectivity index (χ1) is 12.6. The zero-order valence-corrected chi connectivity index (χ0v) is 14.2. The molecular weight excluding hydrogens is 336 g/mol. The lowest BCUT2D eigenvalue weighted by Gasteiger charge is -2.07. The van der Waals surface area contributed by atoms with Crippen LogP contribution in [0.2, 0.25) is 0 Å². The normalized spacial score (nSPS) is 10.7. The number of carbonyl (C=O) groups is 2. The topological polar surface area (TPSA) is 90.5 Å². The van der Waals surface area contributed by atoms with Gasteiger partial charge >= 0.3 is 11.7 Å². The molecule has 7 nitrogen and oxygen atoms in total. The summed E-state index contributed by atoms with van der Waals surface area (Å²) in [6.45, 7) is 0.574. The van der Waals surface area contributed by atoms with E-state index in [2.05, 4.69) is 10.1 Å². The predicted molar refractivity (Wildman–Crippen MR) is 94.7 cm³/mol. The Kier molecular flexibility index (Phi) is 5.17. The molecule has 0 saturated heterocycles. The lowest BCUT2D eigenvalue weighted by molar-refractivity contribution is -0.121. The van der Waals surface area contributed by atoms with Gasteiger partial charge < -0.3 is 14.5 Å². The third-order valence-electron chi connectivity index (χ3n) is 4.00. The Morgan fingerprint density at radius 3 is 2.58 bits per heavy atom. The van der Waals surface area contributed by atoms with Crippen LogP contribution in [-0.2, 0) is 22.6 Å². The maximum atomic E-state index is 12.0. The summed E-state index contributed by atoms with van der Waals surface area (Å²) in [6, 6.07) is 13.9. The van der Waals surface area contributed by atoms with Crippen LogP contribution in [0.5, 0.6) is 0 Å². The highest BCUT2D eigenvalue weighted by Crippen LogP contribution is 2.12. The number of aryl methyl sites for hydroxylation is 1. The van der Waals surface area contributed by atoms with E-state index in [-0.39, 0.29) is 18.9 Å². The molecule has 3 rings (SSSR count). The fourth-order valence-electron chi connectivity index (χ4n) is 2.60. The number of hydrogen-bond acceptors (Lipinski definition) is 5. The van der Waals surface area contributed by atoms with Crippen LogP contribution in [0.3, 0.4) is 0 Å². The number of aromatic nitrogens is 1. The number of esters is 1. The standard InChI is InChI=1S/C19H18N2O5/c1-25-18(23)14-8-6-13(7-9-14)12-20-17(22)10-11-21-15-4-2-3-5-16(15)26-19(21)24/h2-9H,10-12H2,1H3,(H,20,22). The lowest BCUT2D eigenvalue weighted by Crippen LogP contribution is -2.25. The summed E-state index contributed by atoms with van der Waals surface area (Å²) in [5, 5.41) is 2.79. The first kappa shape index (κ1) is 17.5. The van der Waals surface area contributed by atoms with E-state index >= 15 is 0 Å². The molecule has 0 saturated carbocycles. The van der Waals surface area contributed by atoms with Gasteiger partial charge in [-0.05, 0) is 29.8 Å². The highest BCUT2D eigenvalue weighted by molar-refractivity contribution is 5.89. The fourth-order valence-corrected chi connectivity index (χ4v) is 2.60. The van der Waals surface area contributed by atoms with E-state index in [4.69, 9.17) is 4.42 Å². The molecule has 1 aromatic heterocycles. The number of nitrogens with one attached hydrogen (secondary N) is 1. The first-order valence-electron chi connectivity index (χ1n) is 8.11. The van der Waals surface area contributed by atoms with Crippen LogP contribution in [0.4, 0.5) is 0 Å². The van der Waals surface area contributed by atoms with Crippen LogP contribution in [0, 0.1) is 0 Å². The Hall–Kier alpha value is -3.35. The molecule has 1 amide bonds. The van der Waals surface area contributed by atoms with Gasteiger partial charge in [-0.2, -0.15) is 0 Å². The van der Waals surface area contributed by atoms with E-state index < -0.39 is 11.7 Å². The molecule has 0 fully saturated rings. The van der Waals surface area contributed by atoms with Crippen LogP contribution in [0.1, 0.15) is 22.3 Å². The summed E-state index contributed by atoms with van der Waals surface area (Å²) in [5.41, 5.74) is 2.48. The summed E-state index contributed by atoms with van der Waals surface area (Å²) < 4.78 is 11.2. The fraction of sp³-hybridized carbons (Fsp3) is 0.211. The zero-order chi connectivity index (χ0) is 18.5. The number of carbonyl (C=O) groups excluding carboxylic acids is 2. The number of para-hydroxylation sites is 2. The summed E-state index contributed by atoms with van der Waals surface area (Å²) in [7, 11) is 1.32. The largest absolute Gasteiger partial charge is 0.465 e. The average molecular weight is 354 g/mol. The number of fused-ring (bicyclic) bond motifs is 1. The van der Waals surface area contributed by atoms with E-state index in [9.17, 15) is 14.4 Å². The van der Waals surface area contributed by atoms with Crippen molar-refractivity contribution < 1.29 is 18.7 Å². The third-order valence-corrected chi connectivity index (χ3v) is 4.00. The molecular formula is C19H18N2O5. The van der Waals surface area contributed by atoms with Crippen molar-refractivity contribution in [2.45, 2.75) is 19.5 Å². The molecule has 0 radical (unpaired) electrons. The van der Waals surface area contributed by atoms with E-state index in [0.29, 0.717) is 23.2 Å². The zero-order valence-electron chi connectivity index (χ0n) is 14.2. The van der Waals surface area contributed by atoms with Gasteiger partial charge in [-0.25, -0.2) is 9.59 Å². The van der Waals surface area contributed by atoms with Crippen LogP contribution >= 0.6 is 0 Å². The van der Waals surface area contributed by atoms with Gasteiger partial charge in [0.2, 0.25) is 5.91 Å². The van der Waals surface area contributed by atoms with Gasteiger partial charge in [0.15, 0.2) is 5.58 Å². The average Bonchev–Trinajstić information content (AvgIpc) is 2.99. The molecule has 0 aliphatic heterocycles. The van der Waals surface area contributed by atoms with Gasteiger partial charge in [-0.1, -0.05) is 24.3 Å². The van der Waals surface area contributed by atoms with E-state index in [1.165, 1.54) is 11.7 Å². The molecule has 0 spiro atoms. The van der Waals surface area contributed by atoms with Crippen molar-refractivity contribution in [3.63, 3.8) is 0 Å². The number of hydrogen-bond donors (Lipinski definition) is 1. The number of methoxy groups -OCH3 is 1. The van der Waals surface area contributed by atoms with E-state index in [1.54, 1.807) is 42.5 Å². The minimum absolute atomic E-state index is 0.156. The number of ether oxygens (including phenoxy) is 1. The van der Waals surface area contributed by atoms with Crippen molar-refractivity contribution in [3.05, 3.63) is 70.2 Å². The molecule has 1 N–H and O–H groups in total. The molecule has 26 heavy (non-hydrogen) atoms. The molecule has 1 heterocycles. The minimum Gasteiger partial charge on any atom is -0.465 e. The second-order valence-electron chi connectivity index (χ2n) is 5.70. The van der Waals surface area contributed by atoms with Gasteiger partial charge in [0.25, 0.3) is 0 Å². The van der Waals surface area contributed by atoms with Crippen LogP contribution < -0.4 is 11.1 Å². The molecule has 7 heteroatoms. The minimum atomic E-state index is -0.475. The SMILES string of the molecule is COC(=O)c1ccc(CNC(=O)CCn2c(=O)oc3ccccc32)cc1. The van der Waals surface area contributed by atoms with Crippen molar-refractivity contribution in [2.24, 2.45) is 0 Å². The van der Waals surface area contributed by atoms with Gasteiger partial charge in [-0.3, -0.25) is 9.36 Å². The first-order valence-corrected chi connectivity index (χ1v) is 8.11. The summed E-state index contributed by atoms with van der Waals surface area (Å²) >= 11 is 0. The smallest absolute Gasteiger partial charge is 0.419 e. The van der Waals surface area contributed by atoms with Crippen LogP contribution in [-0.4, -0.2) is 23.6 Å². The molecule has 2 aromatic carbocycles. The highest BCUT2D eigenvalue weighted by Gasteiger charge is 2.10. The van der Waals surface area contributed by atoms with Crippen LogP contribution in [0.25, 0.3) is 11.1 Å². The highest BCUT2D eigenvalue weighted by atomic mass is 16.5. The molecule has 0 aliphatic carbocycles. The number of amides is 1. The van der Waals surface area contributed by atoms with Crippen molar-refractivity contribution in [1.29, 1.82) is 0 Å². The molecule has 134 valence electrons. The van der Waals surface area contributed by atoms with E-state index in [1.807, 2.05) is 6.07 Å². The third kappa shape index (κ3) is 3.83. The Balaban J connectivity index is 1.55. The molecule has 0 unspecified atom stereocenters. The van der Waals surface area contributed by atoms with E-state index in [0.717, 1.165) is 5.56 Å². The quantitative estimate of drug-likeness (QED) is 0.685. The van der Waals surface area contributed by atoms with Crippen LogP contribution in [0.15, 0.2) is 57.7 Å². The van der Waals surface area contributed by atoms with Crippen molar-refractivity contribution in [1.82, 2.24) is 9.88 Å². The maximum absolute atomic E-state index is 12.0. The van der Waals surface area contributed by atoms with Crippen molar-refractivity contribution in [3.8, 4) is 0 Å². The predicted octanol–water partition coefficient (Wildman–Crippen LogP) is 2.09. The van der Waals surface area contributed by atoms with Gasteiger partial charge in [0, 0.05) is 19.5 Å².